The molecule has 8 heteroatoms. The van der Waals surface area contributed by atoms with Gasteiger partial charge in [0.15, 0.2) is 17.6 Å². The summed E-state index contributed by atoms with van der Waals surface area (Å²) in [6.07, 6.45) is -2.11. The molecule has 0 aliphatic carbocycles. The van der Waals surface area contributed by atoms with Gasteiger partial charge in [0.05, 0.1) is 0 Å². The number of carbonyl (C=O) groups excluding carboxylic acids is 3. The van der Waals surface area contributed by atoms with E-state index in [-0.39, 0.29) is 12.6 Å². The predicted octanol–water partition coefficient (Wildman–Crippen LogP) is 0.992. The van der Waals surface area contributed by atoms with Crippen LogP contribution in [0.2, 0.25) is 0 Å². The lowest BCUT2D eigenvalue weighted by Gasteiger charge is -2.25. The van der Waals surface area contributed by atoms with Crippen LogP contribution in [0, 0.1) is 0 Å². The molecule has 0 radical (unpaired) electrons. The Morgan fingerprint density at radius 1 is 1.17 bits per heavy atom. The number of hydrogen-bond acceptors (Lipinski definition) is 6. The minimum absolute atomic E-state index is 0.0159. The third-order valence-electron chi connectivity index (χ3n) is 3.09. The zero-order valence-corrected chi connectivity index (χ0v) is 13.7. The number of imide groups is 1. The second-order valence-corrected chi connectivity index (χ2v) is 5.56. The highest BCUT2D eigenvalue weighted by Crippen LogP contribution is 2.31. The van der Waals surface area contributed by atoms with Crippen molar-refractivity contribution in [2.24, 2.45) is 0 Å². The Balaban J connectivity index is 1.86. The molecule has 2 rings (SSSR count). The number of ether oxygens (including phenoxy) is 3. The minimum atomic E-state index is -1.14. The summed E-state index contributed by atoms with van der Waals surface area (Å²) < 4.78 is 16.0. The highest BCUT2D eigenvalue weighted by atomic mass is 16.6. The van der Waals surface area contributed by atoms with E-state index in [1.807, 2.05) is 0 Å². The lowest BCUT2D eigenvalue weighted by molar-refractivity contribution is -0.163. The molecule has 1 aromatic carbocycles. The molecule has 0 saturated carbocycles. The van der Waals surface area contributed by atoms with Gasteiger partial charge < -0.3 is 19.5 Å². The summed E-state index contributed by atoms with van der Waals surface area (Å²) in [6.45, 7) is 4.86. The molecular formula is C16H20N2O6. The van der Waals surface area contributed by atoms with E-state index in [2.05, 4.69) is 10.6 Å². The van der Waals surface area contributed by atoms with E-state index in [1.165, 1.54) is 6.92 Å². The van der Waals surface area contributed by atoms with Crippen LogP contribution in [-0.4, -0.2) is 42.8 Å². The molecule has 0 spiro atoms. The lowest BCUT2D eigenvalue weighted by atomic mass is 10.2. The van der Waals surface area contributed by atoms with E-state index in [4.69, 9.17) is 14.2 Å². The average Bonchev–Trinajstić information content (AvgIpc) is 2.53. The van der Waals surface area contributed by atoms with Gasteiger partial charge in [0.2, 0.25) is 6.10 Å². The Kier molecular flexibility index (Phi) is 5.62. The van der Waals surface area contributed by atoms with Gasteiger partial charge in [-0.3, -0.25) is 10.1 Å². The van der Waals surface area contributed by atoms with Crippen LogP contribution in [0.15, 0.2) is 24.3 Å². The molecule has 0 fully saturated rings. The highest BCUT2D eigenvalue weighted by Gasteiger charge is 2.31. The van der Waals surface area contributed by atoms with Crippen LogP contribution in [0.25, 0.3) is 0 Å². The number of hydrogen-bond donors (Lipinski definition) is 2. The molecule has 0 unspecified atom stereocenters. The molecule has 24 heavy (non-hydrogen) atoms. The van der Waals surface area contributed by atoms with Gasteiger partial charge in [-0.05, 0) is 32.9 Å². The summed E-state index contributed by atoms with van der Waals surface area (Å²) >= 11 is 0. The van der Waals surface area contributed by atoms with Gasteiger partial charge >= 0.3 is 12.0 Å². The molecule has 1 aliphatic heterocycles. The second-order valence-electron chi connectivity index (χ2n) is 5.56. The van der Waals surface area contributed by atoms with E-state index in [1.54, 1.807) is 38.1 Å². The van der Waals surface area contributed by atoms with Crippen LogP contribution in [-0.2, 0) is 14.3 Å². The van der Waals surface area contributed by atoms with Crippen LogP contribution in [0.3, 0.4) is 0 Å². The Labute approximate surface area is 139 Å². The van der Waals surface area contributed by atoms with E-state index < -0.39 is 30.1 Å². The van der Waals surface area contributed by atoms with Crippen molar-refractivity contribution in [3.8, 4) is 11.5 Å². The molecule has 0 bridgehead atoms. The zero-order chi connectivity index (χ0) is 17.7. The van der Waals surface area contributed by atoms with Crippen molar-refractivity contribution in [1.29, 1.82) is 0 Å². The summed E-state index contributed by atoms with van der Waals surface area (Å²) in [5, 5.41) is 4.60. The first-order valence-corrected chi connectivity index (χ1v) is 7.57. The summed E-state index contributed by atoms with van der Waals surface area (Å²) in [5.41, 5.74) is 0. The van der Waals surface area contributed by atoms with E-state index in [0.29, 0.717) is 11.5 Å². The number of benzene rings is 1. The fourth-order valence-corrected chi connectivity index (χ4v) is 1.95. The maximum atomic E-state index is 12.1. The van der Waals surface area contributed by atoms with Gasteiger partial charge in [-0.1, -0.05) is 12.1 Å². The standard InChI is InChI=1S/C16H20N2O6/c1-9(2)17-16(21)18-14(19)10(3)23-15(20)13-8-22-11-6-4-5-7-12(11)24-13/h4-7,9-10,13H,8H2,1-3H3,(H2,17,18,19,21)/t10-,13-/m0/s1. The van der Waals surface area contributed by atoms with Crippen molar-refractivity contribution in [1.82, 2.24) is 10.6 Å². The fourth-order valence-electron chi connectivity index (χ4n) is 1.95. The Bertz CT molecular complexity index is 631. The van der Waals surface area contributed by atoms with E-state index in [9.17, 15) is 14.4 Å². The summed E-state index contributed by atoms with van der Waals surface area (Å²) in [4.78, 5) is 35.4. The average molecular weight is 336 g/mol. The van der Waals surface area contributed by atoms with Gasteiger partial charge in [-0.15, -0.1) is 0 Å². The van der Waals surface area contributed by atoms with Crippen molar-refractivity contribution < 1.29 is 28.6 Å². The normalized spacial score (nSPS) is 16.9. The molecule has 1 aliphatic rings. The van der Waals surface area contributed by atoms with Gasteiger partial charge in [0.1, 0.15) is 6.61 Å². The SMILES string of the molecule is CC(C)NC(=O)NC(=O)[C@H](C)OC(=O)[C@@H]1COc2ccccc2O1. The van der Waals surface area contributed by atoms with Gasteiger partial charge in [0.25, 0.3) is 5.91 Å². The minimum Gasteiger partial charge on any atom is -0.485 e. The third-order valence-corrected chi connectivity index (χ3v) is 3.09. The zero-order valence-electron chi connectivity index (χ0n) is 13.7. The summed E-state index contributed by atoms with van der Waals surface area (Å²) in [7, 11) is 0. The first kappa shape index (κ1) is 17.6. The Hall–Kier alpha value is -2.77. The molecule has 3 amide bonds. The number of esters is 1. The first-order chi connectivity index (χ1) is 11.4. The van der Waals surface area contributed by atoms with Gasteiger partial charge in [-0.25, -0.2) is 9.59 Å². The van der Waals surface area contributed by atoms with E-state index >= 15 is 0 Å². The number of para-hydroxylation sites is 2. The molecule has 2 N–H and O–H groups in total. The van der Waals surface area contributed by atoms with Crippen molar-refractivity contribution in [2.45, 2.75) is 39.0 Å². The number of carbonyl (C=O) groups is 3. The maximum Gasteiger partial charge on any atom is 0.351 e. The molecule has 8 nitrogen and oxygen atoms in total. The lowest BCUT2D eigenvalue weighted by Crippen LogP contribution is -2.48. The second kappa shape index (κ2) is 7.67. The summed E-state index contributed by atoms with van der Waals surface area (Å²) in [5.74, 6) is -0.494. The molecule has 1 aromatic rings. The quantitative estimate of drug-likeness (QED) is 0.795. The number of nitrogens with one attached hydrogen (secondary N) is 2. The third kappa shape index (κ3) is 4.61. The summed E-state index contributed by atoms with van der Waals surface area (Å²) in [6, 6.07) is 6.16. The Morgan fingerprint density at radius 3 is 2.50 bits per heavy atom. The van der Waals surface area contributed by atoms with Crippen molar-refractivity contribution in [3.05, 3.63) is 24.3 Å². The van der Waals surface area contributed by atoms with Crippen LogP contribution < -0.4 is 20.1 Å². The van der Waals surface area contributed by atoms with Crippen LogP contribution in [0.1, 0.15) is 20.8 Å². The number of urea groups is 1. The molecule has 130 valence electrons. The van der Waals surface area contributed by atoms with Gasteiger partial charge in [0, 0.05) is 6.04 Å². The fraction of sp³-hybridized carbons (Fsp3) is 0.438. The largest absolute Gasteiger partial charge is 0.485 e. The van der Waals surface area contributed by atoms with Crippen LogP contribution in [0.4, 0.5) is 4.79 Å². The Morgan fingerprint density at radius 2 is 1.83 bits per heavy atom. The van der Waals surface area contributed by atoms with Crippen LogP contribution in [0.5, 0.6) is 11.5 Å². The molecule has 2 atom stereocenters. The molecule has 0 aromatic heterocycles. The number of rotatable bonds is 4. The smallest absolute Gasteiger partial charge is 0.351 e. The highest BCUT2D eigenvalue weighted by molar-refractivity contribution is 5.97. The van der Waals surface area contributed by atoms with Crippen molar-refractivity contribution >= 4 is 17.9 Å². The first-order valence-electron chi connectivity index (χ1n) is 7.57. The number of fused-ring (bicyclic) bond motifs is 1. The van der Waals surface area contributed by atoms with Gasteiger partial charge in [-0.2, -0.15) is 0 Å². The monoisotopic (exact) mass is 336 g/mol. The topological polar surface area (TPSA) is 103 Å². The van der Waals surface area contributed by atoms with Crippen LogP contribution >= 0.6 is 0 Å². The number of amides is 3. The van der Waals surface area contributed by atoms with E-state index in [0.717, 1.165) is 0 Å². The van der Waals surface area contributed by atoms with Crippen molar-refractivity contribution in [3.63, 3.8) is 0 Å². The maximum absolute atomic E-state index is 12.1. The molecular weight excluding hydrogens is 316 g/mol. The van der Waals surface area contributed by atoms with Crippen molar-refractivity contribution in [2.75, 3.05) is 6.61 Å². The predicted molar refractivity (Wildman–Crippen MR) is 83.7 cm³/mol. The molecule has 0 saturated heterocycles. The molecule has 1 heterocycles.